The summed E-state index contributed by atoms with van der Waals surface area (Å²) in [6.45, 7) is 0.758. The van der Waals surface area contributed by atoms with E-state index in [0.717, 1.165) is 66.1 Å². The van der Waals surface area contributed by atoms with Crippen LogP contribution in [0.3, 0.4) is 0 Å². The molecule has 3 aromatic heterocycles. The zero-order chi connectivity index (χ0) is 21.8. The Bertz CT molecular complexity index is 1200. The SMILES string of the molecule is O=C(NCC1CC1)c1nnc(CCCCc2cc3cc(Cc4ccccc4)[nH]c3nn2)s1. The molecule has 1 saturated carbocycles. The summed E-state index contributed by atoms with van der Waals surface area (Å²) in [6.07, 6.45) is 6.96. The number of benzene rings is 1. The molecule has 7 nitrogen and oxygen atoms in total. The summed E-state index contributed by atoms with van der Waals surface area (Å²) < 4.78 is 0. The van der Waals surface area contributed by atoms with E-state index in [9.17, 15) is 4.79 Å². The predicted octanol–water partition coefficient (Wildman–Crippen LogP) is 4.11. The van der Waals surface area contributed by atoms with Crippen molar-refractivity contribution in [2.24, 2.45) is 5.92 Å². The van der Waals surface area contributed by atoms with E-state index in [4.69, 9.17) is 0 Å². The molecule has 0 spiro atoms. The van der Waals surface area contributed by atoms with Crippen molar-refractivity contribution < 1.29 is 4.79 Å². The molecular weight excluding hydrogens is 420 g/mol. The fraction of sp³-hybridized carbons (Fsp3) is 0.375. The molecule has 8 heteroatoms. The topological polar surface area (TPSA) is 96.5 Å². The maximum Gasteiger partial charge on any atom is 0.282 e. The van der Waals surface area contributed by atoms with Crippen LogP contribution in [0.1, 0.15) is 57.4 Å². The van der Waals surface area contributed by atoms with E-state index in [0.29, 0.717) is 10.9 Å². The van der Waals surface area contributed by atoms with Crippen molar-refractivity contribution in [3.05, 3.63) is 69.4 Å². The van der Waals surface area contributed by atoms with Crippen LogP contribution in [0.2, 0.25) is 0 Å². The summed E-state index contributed by atoms with van der Waals surface area (Å²) in [5.41, 5.74) is 4.25. The molecule has 0 unspecified atom stereocenters. The third-order valence-electron chi connectivity index (χ3n) is 5.70. The minimum atomic E-state index is -0.0950. The number of amides is 1. The van der Waals surface area contributed by atoms with Gasteiger partial charge < -0.3 is 10.3 Å². The van der Waals surface area contributed by atoms with Gasteiger partial charge in [-0.25, -0.2) is 0 Å². The summed E-state index contributed by atoms with van der Waals surface area (Å²) in [4.78, 5) is 15.5. The molecule has 0 aliphatic heterocycles. The molecule has 5 rings (SSSR count). The maximum atomic E-state index is 12.1. The summed E-state index contributed by atoms with van der Waals surface area (Å²) >= 11 is 1.40. The number of carbonyl (C=O) groups is 1. The first-order valence-corrected chi connectivity index (χ1v) is 12.0. The first kappa shape index (κ1) is 20.8. The van der Waals surface area contributed by atoms with Crippen LogP contribution in [0.15, 0.2) is 42.5 Å². The van der Waals surface area contributed by atoms with Gasteiger partial charge in [-0.15, -0.1) is 15.3 Å². The number of aromatic amines is 1. The van der Waals surface area contributed by atoms with Crippen molar-refractivity contribution in [3.8, 4) is 0 Å². The van der Waals surface area contributed by atoms with Crippen LogP contribution in [-0.2, 0) is 19.3 Å². The molecule has 1 aromatic carbocycles. The zero-order valence-corrected chi connectivity index (χ0v) is 18.7. The number of unbranched alkanes of at least 4 members (excludes halogenated alkanes) is 1. The number of hydrogen-bond donors (Lipinski definition) is 2. The molecule has 3 heterocycles. The van der Waals surface area contributed by atoms with Crippen LogP contribution in [0.25, 0.3) is 11.0 Å². The normalized spacial score (nSPS) is 13.5. The van der Waals surface area contributed by atoms with E-state index in [1.165, 1.54) is 29.7 Å². The van der Waals surface area contributed by atoms with Crippen LogP contribution < -0.4 is 5.32 Å². The lowest BCUT2D eigenvalue weighted by Gasteiger charge is -2.00. The lowest BCUT2D eigenvalue weighted by atomic mass is 10.1. The highest BCUT2D eigenvalue weighted by Crippen LogP contribution is 2.27. The van der Waals surface area contributed by atoms with Crippen LogP contribution in [-0.4, -0.2) is 37.8 Å². The molecule has 32 heavy (non-hydrogen) atoms. The highest BCUT2D eigenvalue weighted by molar-refractivity contribution is 7.13. The summed E-state index contributed by atoms with van der Waals surface area (Å²) in [7, 11) is 0. The highest BCUT2D eigenvalue weighted by atomic mass is 32.1. The lowest BCUT2D eigenvalue weighted by Crippen LogP contribution is -2.25. The molecular formula is C24H26N6OS. The van der Waals surface area contributed by atoms with Gasteiger partial charge in [-0.1, -0.05) is 41.7 Å². The Morgan fingerprint density at radius 3 is 2.72 bits per heavy atom. The van der Waals surface area contributed by atoms with Gasteiger partial charge in [-0.2, -0.15) is 5.10 Å². The molecule has 0 saturated heterocycles. The van der Waals surface area contributed by atoms with E-state index in [-0.39, 0.29) is 5.91 Å². The number of H-pyrrole nitrogens is 1. The molecule has 0 bridgehead atoms. The van der Waals surface area contributed by atoms with Gasteiger partial charge in [0.25, 0.3) is 5.91 Å². The number of aryl methyl sites for hydroxylation is 2. The molecule has 1 aliphatic carbocycles. The predicted molar refractivity (Wildman–Crippen MR) is 125 cm³/mol. The van der Waals surface area contributed by atoms with Gasteiger partial charge in [-0.3, -0.25) is 4.79 Å². The van der Waals surface area contributed by atoms with Crippen molar-refractivity contribution >= 4 is 28.3 Å². The average Bonchev–Trinajstić information content (AvgIpc) is 3.37. The third kappa shape index (κ3) is 5.37. The van der Waals surface area contributed by atoms with E-state index in [2.05, 4.69) is 67.1 Å². The third-order valence-corrected chi connectivity index (χ3v) is 6.68. The molecule has 1 aliphatic rings. The van der Waals surface area contributed by atoms with Crippen molar-refractivity contribution in [2.45, 2.75) is 44.9 Å². The lowest BCUT2D eigenvalue weighted by molar-refractivity contribution is 0.0950. The molecule has 0 atom stereocenters. The van der Waals surface area contributed by atoms with E-state index in [1.54, 1.807) is 0 Å². The van der Waals surface area contributed by atoms with Crippen LogP contribution in [0.4, 0.5) is 0 Å². The van der Waals surface area contributed by atoms with Gasteiger partial charge >= 0.3 is 0 Å². The Morgan fingerprint density at radius 2 is 1.88 bits per heavy atom. The first-order chi connectivity index (χ1) is 15.7. The summed E-state index contributed by atoms with van der Waals surface area (Å²) in [5, 5.41) is 22.4. The quantitative estimate of drug-likeness (QED) is 0.358. The van der Waals surface area contributed by atoms with Crippen LogP contribution in [0, 0.1) is 5.92 Å². The molecule has 2 N–H and O–H groups in total. The molecule has 1 amide bonds. The number of nitrogens with zero attached hydrogens (tertiary/aromatic N) is 4. The van der Waals surface area contributed by atoms with Gasteiger partial charge in [0.2, 0.25) is 5.01 Å². The first-order valence-electron chi connectivity index (χ1n) is 11.2. The second-order valence-electron chi connectivity index (χ2n) is 8.46. The van der Waals surface area contributed by atoms with Crippen LogP contribution >= 0.6 is 11.3 Å². The number of rotatable bonds is 10. The van der Waals surface area contributed by atoms with E-state index >= 15 is 0 Å². The minimum Gasteiger partial charge on any atom is -0.350 e. The molecule has 164 valence electrons. The molecule has 0 radical (unpaired) electrons. The number of carbonyl (C=O) groups excluding carboxylic acids is 1. The van der Waals surface area contributed by atoms with Gasteiger partial charge in [0.05, 0.1) is 5.69 Å². The Labute approximate surface area is 190 Å². The zero-order valence-electron chi connectivity index (χ0n) is 17.9. The Balaban J connectivity index is 1.10. The standard InChI is InChI=1S/C24H26N6OS/c31-23(25-15-17-10-11-17)24-30-28-21(32-24)9-5-4-8-19-13-18-14-20(26-22(18)29-27-19)12-16-6-2-1-3-7-16/h1-3,6-7,13-14,17H,4-5,8-12,15H2,(H,25,31)(H,26,29). The Kier molecular flexibility index (Phi) is 6.20. The number of fused-ring (bicyclic) bond motifs is 1. The van der Waals surface area contributed by atoms with Crippen LogP contribution in [0.5, 0.6) is 0 Å². The average molecular weight is 447 g/mol. The number of aromatic nitrogens is 5. The molecule has 4 aromatic rings. The fourth-order valence-electron chi connectivity index (χ4n) is 3.73. The van der Waals surface area contributed by atoms with Crippen molar-refractivity contribution in [1.29, 1.82) is 0 Å². The van der Waals surface area contributed by atoms with Gasteiger partial charge in [0, 0.05) is 30.5 Å². The van der Waals surface area contributed by atoms with Gasteiger partial charge in [0.1, 0.15) is 5.01 Å². The van der Waals surface area contributed by atoms with Gasteiger partial charge in [0.15, 0.2) is 5.65 Å². The van der Waals surface area contributed by atoms with E-state index in [1.807, 2.05) is 6.07 Å². The number of nitrogens with one attached hydrogen (secondary N) is 2. The largest absolute Gasteiger partial charge is 0.350 e. The fourth-order valence-corrected chi connectivity index (χ4v) is 4.53. The smallest absolute Gasteiger partial charge is 0.282 e. The summed E-state index contributed by atoms with van der Waals surface area (Å²) in [6, 6.07) is 14.7. The second-order valence-corrected chi connectivity index (χ2v) is 9.52. The van der Waals surface area contributed by atoms with E-state index < -0.39 is 0 Å². The minimum absolute atomic E-state index is 0.0950. The number of hydrogen-bond acceptors (Lipinski definition) is 6. The van der Waals surface area contributed by atoms with Crippen molar-refractivity contribution in [2.75, 3.05) is 6.54 Å². The Hall–Kier alpha value is -3.13. The Morgan fingerprint density at radius 1 is 1.03 bits per heavy atom. The highest BCUT2D eigenvalue weighted by Gasteiger charge is 2.22. The monoisotopic (exact) mass is 446 g/mol. The van der Waals surface area contributed by atoms with Crippen molar-refractivity contribution in [1.82, 2.24) is 30.7 Å². The molecule has 1 fully saturated rings. The summed E-state index contributed by atoms with van der Waals surface area (Å²) in [5.74, 6) is 0.567. The van der Waals surface area contributed by atoms with Gasteiger partial charge in [-0.05, 0) is 55.7 Å². The van der Waals surface area contributed by atoms with Crippen molar-refractivity contribution in [3.63, 3.8) is 0 Å². The second kappa shape index (κ2) is 9.56. The maximum absolute atomic E-state index is 12.1.